The second-order valence-corrected chi connectivity index (χ2v) is 5.03. The van der Waals surface area contributed by atoms with Crippen molar-refractivity contribution in [2.24, 2.45) is 0 Å². The minimum Gasteiger partial charge on any atom is -0.392 e. The van der Waals surface area contributed by atoms with Crippen LogP contribution < -0.4 is 0 Å². The van der Waals surface area contributed by atoms with E-state index < -0.39 is 5.82 Å². The average Bonchev–Trinajstić information content (AvgIpc) is 2.84. The first-order valence-corrected chi connectivity index (χ1v) is 6.66. The van der Waals surface area contributed by atoms with Crippen LogP contribution in [0.15, 0.2) is 12.3 Å². The van der Waals surface area contributed by atoms with Crippen molar-refractivity contribution in [1.82, 2.24) is 9.78 Å². The van der Waals surface area contributed by atoms with Crippen LogP contribution in [-0.2, 0) is 11.3 Å². The van der Waals surface area contributed by atoms with E-state index in [2.05, 4.69) is 5.10 Å². The largest absolute Gasteiger partial charge is 0.392 e. The Bertz CT molecular complexity index is 608. The van der Waals surface area contributed by atoms with Gasteiger partial charge in [-0.1, -0.05) is 11.6 Å². The molecule has 1 aliphatic rings. The number of halogens is 2. The molecule has 6 heteroatoms. The second kappa shape index (κ2) is 5.07. The lowest BCUT2D eigenvalue weighted by molar-refractivity contribution is -0.0366. The molecular formula is C13H14ClFN2O2. The van der Waals surface area contributed by atoms with Crippen LogP contribution >= 0.6 is 11.6 Å². The molecule has 1 aromatic carbocycles. The molecule has 1 unspecified atom stereocenters. The Labute approximate surface area is 114 Å². The van der Waals surface area contributed by atoms with Gasteiger partial charge in [-0.05, 0) is 19.3 Å². The highest BCUT2D eigenvalue weighted by Crippen LogP contribution is 2.32. The lowest BCUT2D eigenvalue weighted by Gasteiger charge is -2.23. The molecule has 0 aliphatic carbocycles. The van der Waals surface area contributed by atoms with Gasteiger partial charge in [-0.15, -0.1) is 0 Å². The Morgan fingerprint density at radius 1 is 1.53 bits per heavy atom. The van der Waals surface area contributed by atoms with E-state index in [9.17, 15) is 9.50 Å². The van der Waals surface area contributed by atoms with Gasteiger partial charge < -0.3 is 9.84 Å². The summed E-state index contributed by atoms with van der Waals surface area (Å²) in [5.74, 6) is -0.546. The number of hydrogen-bond donors (Lipinski definition) is 1. The molecule has 1 aromatic heterocycles. The maximum Gasteiger partial charge on any atom is 0.150 e. The van der Waals surface area contributed by atoms with E-state index in [1.165, 1.54) is 6.07 Å². The molecule has 102 valence electrons. The summed E-state index contributed by atoms with van der Waals surface area (Å²) in [6.07, 6.45) is 4.39. The summed E-state index contributed by atoms with van der Waals surface area (Å²) >= 11 is 5.86. The van der Waals surface area contributed by atoms with Crippen molar-refractivity contribution in [3.8, 4) is 0 Å². The Balaban J connectivity index is 2.14. The summed E-state index contributed by atoms with van der Waals surface area (Å²) in [7, 11) is 0. The lowest BCUT2D eigenvalue weighted by atomic mass is 10.1. The maximum atomic E-state index is 13.8. The number of hydrogen-bond acceptors (Lipinski definition) is 3. The fourth-order valence-corrected chi connectivity index (χ4v) is 2.71. The first-order valence-electron chi connectivity index (χ1n) is 6.29. The highest BCUT2D eigenvalue weighted by Gasteiger charge is 2.21. The topological polar surface area (TPSA) is 47.3 Å². The monoisotopic (exact) mass is 284 g/mol. The van der Waals surface area contributed by atoms with E-state index in [1.54, 1.807) is 10.9 Å². The third-order valence-corrected chi connectivity index (χ3v) is 3.89. The highest BCUT2D eigenvalue weighted by atomic mass is 35.5. The van der Waals surface area contributed by atoms with Gasteiger partial charge in [-0.3, -0.25) is 0 Å². The van der Waals surface area contributed by atoms with Gasteiger partial charge in [-0.25, -0.2) is 9.07 Å². The first kappa shape index (κ1) is 12.8. The molecule has 0 amide bonds. The number of nitrogens with zero attached hydrogens (tertiary/aromatic N) is 2. The van der Waals surface area contributed by atoms with Crippen molar-refractivity contribution in [2.45, 2.75) is 32.1 Å². The van der Waals surface area contributed by atoms with Crippen molar-refractivity contribution >= 4 is 22.5 Å². The van der Waals surface area contributed by atoms with E-state index >= 15 is 0 Å². The Hall–Kier alpha value is -1.17. The van der Waals surface area contributed by atoms with Gasteiger partial charge in [0.15, 0.2) is 6.23 Å². The van der Waals surface area contributed by atoms with Gasteiger partial charge in [0.1, 0.15) is 5.82 Å². The van der Waals surface area contributed by atoms with Crippen LogP contribution in [0.1, 0.15) is 31.1 Å². The van der Waals surface area contributed by atoms with E-state index in [4.69, 9.17) is 16.3 Å². The van der Waals surface area contributed by atoms with Crippen LogP contribution in [0, 0.1) is 5.82 Å². The van der Waals surface area contributed by atoms with Crippen LogP contribution in [-0.4, -0.2) is 21.5 Å². The van der Waals surface area contributed by atoms with E-state index in [0.717, 1.165) is 19.3 Å². The van der Waals surface area contributed by atoms with Gasteiger partial charge in [0.25, 0.3) is 0 Å². The van der Waals surface area contributed by atoms with Crippen molar-refractivity contribution in [2.75, 3.05) is 6.61 Å². The maximum absolute atomic E-state index is 13.8. The highest BCUT2D eigenvalue weighted by molar-refractivity contribution is 6.32. The number of ether oxygens (including phenoxy) is 1. The number of aromatic nitrogens is 2. The van der Waals surface area contributed by atoms with Crippen LogP contribution in [0.5, 0.6) is 0 Å². The van der Waals surface area contributed by atoms with Crippen LogP contribution in [0.25, 0.3) is 10.9 Å². The molecule has 4 nitrogen and oxygen atoms in total. The fourth-order valence-electron chi connectivity index (χ4n) is 2.49. The second-order valence-electron chi connectivity index (χ2n) is 4.65. The Morgan fingerprint density at radius 2 is 2.37 bits per heavy atom. The zero-order chi connectivity index (χ0) is 13.4. The average molecular weight is 285 g/mol. The summed E-state index contributed by atoms with van der Waals surface area (Å²) in [5.41, 5.74) is 0.983. The minimum absolute atomic E-state index is 0.0425. The SMILES string of the molecule is OCc1c(Cl)c(F)cc2c1cnn2C1CCCCO1. The number of aliphatic hydroxyl groups is 1. The first-order chi connectivity index (χ1) is 9.22. The molecule has 0 spiro atoms. The number of rotatable bonds is 2. The minimum atomic E-state index is -0.546. The van der Waals surface area contributed by atoms with Gasteiger partial charge >= 0.3 is 0 Å². The number of aliphatic hydroxyl groups excluding tert-OH is 1. The number of benzene rings is 1. The smallest absolute Gasteiger partial charge is 0.150 e. The van der Waals surface area contributed by atoms with Crippen LogP contribution in [0.4, 0.5) is 4.39 Å². The van der Waals surface area contributed by atoms with Crippen LogP contribution in [0.3, 0.4) is 0 Å². The summed E-state index contributed by atoms with van der Waals surface area (Å²) < 4.78 is 21.1. The summed E-state index contributed by atoms with van der Waals surface area (Å²) in [6.45, 7) is 0.374. The molecule has 0 saturated carbocycles. The normalized spacial score (nSPS) is 20.1. The summed E-state index contributed by atoms with van der Waals surface area (Å²) in [6, 6.07) is 1.35. The predicted octanol–water partition coefficient (Wildman–Crippen LogP) is 3.02. The van der Waals surface area contributed by atoms with Crippen molar-refractivity contribution in [1.29, 1.82) is 0 Å². The van der Waals surface area contributed by atoms with Crippen molar-refractivity contribution in [3.63, 3.8) is 0 Å². The summed E-state index contributed by atoms with van der Waals surface area (Å²) in [5, 5.41) is 14.2. The molecule has 1 saturated heterocycles. The fraction of sp³-hybridized carbons (Fsp3) is 0.462. The molecule has 3 rings (SSSR count). The molecule has 2 heterocycles. The third-order valence-electron chi connectivity index (χ3n) is 3.48. The molecule has 1 atom stereocenters. The molecule has 1 aliphatic heterocycles. The summed E-state index contributed by atoms with van der Waals surface area (Å²) in [4.78, 5) is 0. The van der Waals surface area contributed by atoms with Crippen LogP contribution in [0.2, 0.25) is 5.02 Å². The Morgan fingerprint density at radius 3 is 3.05 bits per heavy atom. The third kappa shape index (κ3) is 2.12. The molecule has 2 aromatic rings. The van der Waals surface area contributed by atoms with E-state index in [1.807, 2.05) is 0 Å². The molecule has 0 bridgehead atoms. The zero-order valence-corrected chi connectivity index (χ0v) is 11.0. The molecule has 1 fully saturated rings. The van der Waals surface area contributed by atoms with Gasteiger partial charge in [-0.2, -0.15) is 5.10 Å². The predicted molar refractivity (Wildman–Crippen MR) is 69.5 cm³/mol. The number of fused-ring (bicyclic) bond motifs is 1. The standard InChI is InChI=1S/C13H14ClFN2O2/c14-13-9(7-18)8-6-16-17(11(8)5-10(13)15)12-3-1-2-4-19-12/h5-6,12,18H,1-4,7H2. The quantitative estimate of drug-likeness (QED) is 0.922. The lowest BCUT2D eigenvalue weighted by Crippen LogP contribution is -2.19. The molecule has 1 N–H and O–H groups in total. The van der Waals surface area contributed by atoms with Gasteiger partial charge in [0, 0.05) is 23.6 Å². The zero-order valence-electron chi connectivity index (χ0n) is 10.3. The van der Waals surface area contributed by atoms with Gasteiger partial charge in [0.2, 0.25) is 0 Å². The van der Waals surface area contributed by atoms with E-state index in [0.29, 0.717) is 23.1 Å². The molecule has 0 radical (unpaired) electrons. The Kier molecular flexibility index (Phi) is 3.43. The van der Waals surface area contributed by atoms with E-state index in [-0.39, 0.29) is 17.9 Å². The van der Waals surface area contributed by atoms with Gasteiger partial charge in [0.05, 0.1) is 23.3 Å². The molecular weight excluding hydrogens is 271 g/mol. The van der Waals surface area contributed by atoms with Crippen molar-refractivity contribution in [3.05, 3.63) is 28.7 Å². The van der Waals surface area contributed by atoms with Crippen molar-refractivity contribution < 1.29 is 14.2 Å². The molecule has 19 heavy (non-hydrogen) atoms.